The molecule has 0 radical (unpaired) electrons. The lowest BCUT2D eigenvalue weighted by Crippen LogP contribution is -2.56. The third-order valence-electron chi connectivity index (χ3n) is 9.76. The Bertz CT molecular complexity index is 2440. The molecule has 0 bridgehead atoms. The molecule has 8 rings (SSSR count). The summed E-state index contributed by atoms with van der Waals surface area (Å²) < 4.78 is 35.2. The van der Waals surface area contributed by atoms with E-state index in [1.807, 2.05) is 47.2 Å². The number of imidazole rings is 1. The molecule has 0 fully saturated rings. The molecule has 0 unspecified atom stereocenters. The summed E-state index contributed by atoms with van der Waals surface area (Å²) in [6.07, 6.45) is 5.61. The van der Waals surface area contributed by atoms with Crippen LogP contribution in [-0.4, -0.2) is 33.0 Å². The maximum atomic E-state index is 8.11. The van der Waals surface area contributed by atoms with Crippen LogP contribution < -0.4 is 15.0 Å². The highest BCUT2D eigenvalue weighted by atomic mass is 16.5. The average molecular weight is 633 g/mol. The number of nitrogens with zero attached hydrogens (tertiary/aromatic N) is 5. The summed E-state index contributed by atoms with van der Waals surface area (Å²) in [5, 5.41) is 2.08. The first-order valence-corrected chi connectivity index (χ1v) is 16.6. The van der Waals surface area contributed by atoms with Crippen molar-refractivity contribution in [3.05, 3.63) is 126 Å². The molecule has 7 heteroatoms. The van der Waals surface area contributed by atoms with Gasteiger partial charge < -0.3 is 14.0 Å². The van der Waals surface area contributed by atoms with Crippen LogP contribution in [0.25, 0.3) is 39.0 Å². The summed E-state index contributed by atoms with van der Waals surface area (Å²) in [6.45, 7) is 8.55. The molecule has 1 aliphatic rings. The Hall–Kier alpha value is -5.30. The van der Waals surface area contributed by atoms with Gasteiger partial charge in [0.1, 0.15) is 23.1 Å². The number of aryl methyl sites for hydroxylation is 2. The number of anilines is 1. The molecule has 0 aliphatic carbocycles. The van der Waals surface area contributed by atoms with Crippen LogP contribution >= 0.6 is 0 Å². The zero-order valence-electron chi connectivity index (χ0n) is 31.2. The molecule has 4 aromatic carbocycles. The zero-order valence-corrected chi connectivity index (χ0v) is 28.2. The van der Waals surface area contributed by atoms with E-state index in [0.717, 1.165) is 38.9 Å². The topological polar surface area (TPSA) is 48.1 Å². The SMILES string of the molecule is [2H]C([2H])([2H])c1cc(-n2c3ccccc3c3ccc(Oc4ccc5c(c4)-c4nccn4B(c4c(C(C)C)cccc4C(C)C)N5C)cc32)ncc1C. The lowest BCUT2D eigenvalue weighted by Gasteiger charge is -2.37. The van der Waals surface area contributed by atoms with Crippen molar-refractivity contribution in [2.24, 2.45) is 0 Å². The minimum absolute atomic E-state index is 0.0386. The zero-order chi connectivity index (χ0) is 35.8. The molecule has 0 saturated carbocycles. The van der Waals surface area contributed by atoms with Gasteiger partial charge >= 0.3 is 6.98 Å². The van der Waals surface area contributed by atoms with E-state index in [1.165, 1.54) is 16.6 Å². The molecular formula is C41H40BN5O. The molecule has 7 aromatic rings. The molecular weight excluding hydrogens is 589 g/mol. The summed E-state index contributed by atoms with van der Waals surface area (Å²) in [7, 11) is 2.16. The van der Waals surface area contributed by atoms with Gasteiger partial charge in [-0.25, -0.2) is 9.97 Å². The van der Waals surface area contributed by atoms with E-state index < -0.39 is 6.85 Å². The number of fused-ring (bicyclic) bond motifs is 6. The minimum Gasteiger partial charge on any atom is -0.457 e. The average Bonchev–Trinajstić information content (AvgIpc) is 3.71. The Balaban J connectivity index is 1.21. The molecule has 0 amide bonds. The first-order chi connectivity index (χ1) is 24.4. The van der Waals surface area contributed by atoms with Gasteiger partial charge in [-0.05, 0) is 103 Å². The van der Waals surface area contributed by atoms with Gasteiger partial charge in [0.15, 0.2) is 0 Å². The van der Waals surface area contributed by atoms with Gasteiger partial charge in [0, 0.05) is 50.8 Å². The number of aromatic nitrogens is 4. The van der Waals surface area contributed by atoms with Gasteiger partial charge in [-0.2, -0.15) is 0 Å². The normalized spacial score (nSPS) is 14.0. The van der Waals surface area contributed by atoms with Crippen molar-refractivity contribution >= 4 is 39.9 Å². The maximum absolute atomic E-state index is 8.11. The van der Waals surface area contributed by atoms with E-state index in [2.05, 4.69) is 92.7 Å². The fraction of sp³-hybridized carbons (Fsp3) is 0.220. The fourth-order valence-electron chi connectivity index (χ4n) is 7.37. The van der Waals surface area contributed by atoms with Gasteiger partial charge in [0.05, 0.1) is 11.0 Å². The van der Waals surface area contributed by atoms with E-state index >= 15 is 0 Å². The molecule has 1 aliphatic heterocycles. The Labute approximate surface area is 287 Å². The maximum Gasteiger partial charge on any atom is 0.417 e. The minimum atomic E-state index is -2.25. The highest BCUT2D eigenvalue weighted by molar-refractivity contribution is 6.77. The number of ether oxygens (including phenoxy) is 1. The monoisotopic (exact) mass is 632 g/mol. The molecule has 238 valence electrons. The molecule has 0 saturated heterocycles. The van der Waals surface area contributed by atoms with Crippen molar-refractivity contribution in [2.45, 2.75) is 53.3 Å². The second-order valence-corrected chi connectivity index (χ2v) is 13.5. The smallest absolute Gasteiger partial charge is 0.417 e. The van der Waals surface area contributed by atoms with Crippen molar-refractivity contribution in [3.63, 3.8) is 0 Å². The lowest BCUT2D eigenvalue weighted by molar-refractivity contribution is 0.483. The van der Waals surface area contributed by atoms with E-state index in [-0.39, 0.29) is 6.98 Å². The third kappa shape index (κ3) is 4.71. The molecule has 0 N–H and O–H groups in total. The number of benzene rings is 4. The van der Waals surface area contributed by atoms with Crippen molar-refractivity contribution in [2.75, 3.05) is 11.9 Å². The van der Waals surface area contributed by atoms with Gasteiger partial charge in [-0.1, -0.05) is 64.1 Å². The van der Waals surface area contributed by atoms with Crippen LogP contribution in [0.3, 0.4) is 0 Å². The van der Waals surface area contributed by atoms with Crippen LogP contribution in [0.4, 0.5) is 5.69 Å². The summed E-state index contributed by atoms with van der Waals surface area (Å²) in [5.41, 5.74) is 8.88. The summed E-state index contributed by atoms with van der Waals surface area (Å²) in [5.74, 6) is 3.55. The third-order valence-corrected chi connectivity index (χ3v) is 9.76. The van der Waals surface area contributed by atoms with Crippen LogP contribution in [0.2, 0.25) is 0 Å². The fourth-order valence-corrected chi connectivity index (χ4v) is 7.37. The van der Waals surface area contributed by atoms with Crippen LogP contribution in [-0.2, 0) is 0 Å². The summed E-state index contributed by atoms with van der Waals surface area (Å²) >= 11 is 0. The van der Waals surface area contributed by atoms with Crippen molar-refractivity contribution in [1.29, 1.82) is 0 Å². The summed E-state index contributed by atoms with van der Waals surface area (Å²) in [4.78, 5) is 11.9. The molecule has 3 aromatic heterocycles. The van der Waals surface area contributed by atoms with Crippen LogP contribution in [0, 0.1) is 13.8 Å². The molecule has 0 atom stereocenters. The summed E-state index contributed by atoms with van der Waals surface area (Å²) in [6, 6.07) is 28.8. The molecule has 0 spiro atoms. The van der Waals surface area contributed by atoms with Gasteiger partial charge in [-0.15, -0.1) is 0 Å². The molecule has 48 heavy (non-hydrogen) atoms. The van der Waals surface area contributed by atoms with Gasteiger partial charge in [0.25, 0.3) is 0 Å². The van der Waals surface area contributed by atoms with Gasteiger partial charge in [-0.3, -0.25) is 4.57 Å². The van der Waals surface area contributed by atoms with E-state index in [0.29, 0.717) is 40.3 Å². The predicted molar refractivity (Wildman–Crippen MR) is 200 cm³/mol. The predicted octanol–water partition coefficient (Wildman–Crippen LogP) is 9.39. The van der Waals surface area contributed by atoms with E-state index in [4.69, 9.17) is 18.8 Å². The van der Waals surface area contributed by atoms with Crippen LogP contribution in [0.5, 0.6) is 11.5 Å². The standard InChI is InChI=1S/C41H40BN5O/c1-25(2)31-12-10-13-32(26(3)4)40(31)42-45(7)36-18-16-29(22-35(36)41-43-19-20-46(41)42)48-30-15-17-34-33-11-8-9-14-37(33)47(38(34)23-30)39-21-27(5)28(6)24-44-39/h8-26H,1-7H3/i5D3. The van der Waals surface area contributed by atoms with E-state index in [9.17, 15) is 0 Å². The largest absolute Gasteiger partial charge is 0.457 e. The van der Waals surface area contributed by atoms with E-state index in [1.54, 1.807) is 19.2 Å². The Morgan fingerprint density at radius 1 is 0.771 bits per heavy atom. The van der Waals surface area contributed by atoms with Crippen molar-refractivity contribution in [3.8, 4) is 28.7 Å². The first kappa shape index (κ1) is 26.7. The number of para-hydroxylation sites is 1. The number of hydrogen-bond acceptors (Lipinski definition) is 4. The second-order valence-electron chi connectivity index (χ2n) is 13.5. The molecule has 6 nitrogen and oxygen atoms in total. The van der Waals surface area contributed by atoms with Crippen molar-refractivity contribution < 1.29 is 8.85 Å². The number of hydrogen-bond donors (Lipinski definition) is 0. The van der Waals surface area contributed by atoms with Crippen molar-refractivity contribution in [1.82, 2.24) is 19.0 Å². The Kier molecular flexibility index (Phi) is 6.38. The highest BCUT2D eigenvalue weighted by Crippen LogP contribution is 2.40. The Morgan fingerprint density at radius 2 is 1.50 bits per heavy atom. The lowest BCUT2D eigenvalue weighted by atomic mass is 9.58. The number of rotatable bonds is 6. The number of pyridine rings is 1. The first-order valence-electron chi connectivity index (χ1n) is 18.1. The van der Waals surface area contributed by atoms with Gasteiger partial charge in [0.2, 0.25) is 0 Å². The quantitative estimate of drug-likeness (QED) is 0.172. The second kappa shape index (κ2) is 11.4. The Morgan fingerprint density at radius 3 is 2.27 bits per heavy atom. The van der Waals surface area contributed by atoms with Crippen LogP contribution in [0.15, 0.2) is 104 Å². The van der Waals surface area contributed by atoms with Crippen LogP contribution in [0.1, 0.15) is 65.9 Å². The molecule has 4 heterocycles. The highest BCUT2D eigenvalue weighted by Gasteiger charge is 2.38.